The van der Waals surface area contributed by atoms with Gasteiger partial charge in [-0.25, -0.2) is 9.18 Å². The Morgan fingerprint density at radius 1 is 0.894 bits per heavy atom. The minimum Gasteiger partial charge on any atom is -0.448 e. The van der Waals surface area contributed by atoms with Gasteiger partial charge in [-0.3, -0.25) is 19.2 Å². The van der Waals surface area contributed by atoms with Gasteiger partial charge in [-0.15, -0.1) is 0 Å². The number of hydrogen-bond donors (Lipinski definition) is 5. The van der Waals surface area contributed by atoms with Crippen molar-refractivity contribution in [1.29, 1.82) is 0 Å². The Morgan fingerprint density at radius 3 is 2.35 bits per heavy atom. The minimum absolute atomic E-state index is 0.0294. The van der Waals surface area contributed by atoms with Crippen molar-refractivity contribution in [2.24, 2.45) is 0 Å². The van der Waals surface area contributed by atoms with E-state index in [-0.39, 0.29) is 74.5 Å². The molecule has 0 saturated carbocycles. The van der Waals surface area contributed by atoms with E-state index < -0.39 is 17.8 Å². The molecule has 0 saturated heterocycles. The van der Waals surface area contributed by atoms with Gasteiger partial charge < -0.3 is 49.9 Å². The summed E-state index contributed by atoms with van der Waals surface area (Å²) in [6.07, 6.45) is 2.94. The molecule has 16 heteroatoms. The summed E-state index contributed by atoms with van der Waals surface area (Å²) >= 11 is 0. The Bertz CT molecular complexity index is 2450. The topological polar surface area (TPSA) is 198 Å². The van der Waals surface area contributed by atoms with Gasteiger partial charge in [0.1, 0.15) is 12.4 Å². The highest BCUT2D eigenvalue weighted by Gasteiger charge is 2.32. The Labute approximate surface area is 384 Å². The predicted octanol–water partition coefficient (Wildman–Crippen LogP) is 6.80. The average Bonchev–Trinajstić information content (AvgIpc) is 3.90. The summed E-state index contributed by atoms with van der Waals surface area (Å²) in [5.74, 6) is -2.06. The first kappa shape index (κ1) is 49.2. The second-order valence-electron chi connectivity index (χ2n) is 16.4. The quantitative estimate of drug-likeness (QED) is 0.0283. The summed E-state index contributed by atoms with van der Waals surface area (Å²) in [5.41, 5.74) is 7.57. The molecular weight excluding hydrogens is 850 g/mol. The average molecular weight is 910 g/mol. The summed E-state index contributed by atoms with van der Waals surface area (Å²) in [4.78, 5) is 71.3. The number of Topliss-reactive ketones (excluding diaryl/α,β-unsaturated/α-hetero) is 1. The van der Waals surface area contributed by atoms with Crippen LogP contribution in [0.15, 0.2) is 54.6 Å². The SMILES string of the molecule is CCN(CCNC(=O)c1c(C)[nH]c(/C=C2\C(=O)Nc3ccc(F)cc32)c1C)C(=O)OCC1c2cc(C(=O)CCCOC(C)CCO)ccc2-c2ccc(C(=O)NCCOCCCOC)cc21. The fourth-order valence-corrected chi connectivity index (χ4v) is 8.25. The zero-order chi connectivity index (χ0) is 47.3. The summed E-state index contributed by atoms with van der Waals surface area (Å²) in [5, 5.41) is 17.7. The van der Waals surface area contributed by atoms with E-state index in [0.717, 1.165) is 28.7 Å². The Balaban J connectivity index is 1.11. The molecule has 0 bridgehead atoms. The second-order valence-corrected chi connectivity index (χ2v) is 16.4. The number of anilines is 1. The molecule has 15 nitrogen and oxygen atoms in total. The van der Waals surface area contributed by atoms with Crippen LogP contribution < -0.4 is 16.0 Å². The number of likely N-dealkylation sites (N-methyl/N-ethyl adjacent to an activating group) is 1. The molecule has 2 aliphatic rings. The molecule has 352 valence electrons. The van der Waals surface area contributed by atoms with Gasteiger partial charge in [0.25, 0.3) is 17.7 Å². The highest BCUT2D eigenvalue weighted by molar-refractivity contribution is 6.35. The number of carbonyl (C=O) groups is 5. The first-order chi connectivity index (χ1) is 31.8. The number of ketones is 1. The van der Waals surface area contributed by atoms with Crippen LogP contribution in [-0.4, -0.2) is 124 Å². The number of halogens is 1. The van der Waals surface area contributed by atoms with Crippen molar-refractivity contribution in [3.05, 3.63) is 111 Å². The number of aromatic nitrogens is 1. The molecule has 1 aromatic heterocycles. The van der Waals surface area contributed by atoms with Gasteiger partial charge >= 0.3 is 6.09 Å². The molecule has 2 atom stereocenters. The van der Waals surface area contributed by atoms with Crippen LogP contribution in [0.2, 0.25) is 0 Å². The van der Waals surface area contributed by atoms with Gasteiger partial charge in [0.05, 0.1) is 23.8 Å². The maximum absolute atomic E-state index is 14.0. The van der Waals surface area contributed by atoms with Crippen molar-refractivity contribution in [2.45, 2.75) is 65.4 Å². The van der Waals surface area contributed by atoms with Crippen LogP contribution in [0.25, 0.3) is 22.8 Å². The van der Waals surface area contributed by atoms with Crippen molar-refractivity contribution in [3.8, 4) is 11.1 Å². The third kappa shape index (κ3) is 12.0. The lowest BCUT2D eigenvalue weighted by Crippen LogP contribution is -2.39. The number of nitrogens with zero attached hydrogens (tertiary/aromatic N) is 1. The van der Waals surface area contributed by atoms with Gasteiger partial charge in [-0.1, -0.05) is 18.2 Å². The highest BCUT2D eigenvalue weighted by Crippen LogP contribution is 2.46. The number of aliphatic hydroxyl groups excluding tert-OH is 1. The molecule has 1 aliphatic carbocycles. The first-order valence-corrected chi connectivity index (χ1v) is 22.5. The van der Waals surface area contributed by atoms with Crippen LogP contribution in [0, 0.1) is 19.7 Å². The third-order valence-electron chi connectivity index (χ3n) is 11.8. The number of carbonyl (C=O) groups excluding carboxylic acids is 5. The Morgan fingerprint density at radius 2 is 1.62 bits per heavy atom. The van der Waals surface area contributed by atoms with Crippen molar-refractivity contribution in [3.63, 3.8) is 0 Å². The number of H-pyrrole nitrogens is 1. The van der Waals surface area contributed by atoms with Crippen LogP contribution in [0.5, 0.6) is 0 Å². The van der Waals surface area contributed by atoms with Crippen LogP contribution in [-0.2, 0) is 23.7 Å². The van der Waals surface area contributed by atoms with Crippen LogP contribution in [0.3, 0.4) is 0 Å². The van der Waals surface area contributed by atoms with Crippen molar-refractivity contribution in [2.75, 3.05) is 78.2 Å². The second kappa shape index (κ2) is 23.3. The molecule has 3 aromatic carbocycles. The van der Waals surface area contributed by atoms with E-state index in [0.29, 0.717) is 90.7 Å². The molecule has 0 spiro atoms. The largest absolute Gasteiger partial charge is 0.448 e. The summed E-state index contributed by atoms with van der Waals surface area (Å²) in [7, 11) is 1.63. The Hall–Kier alpha value is -6.20. The molecule has 66 heavy (non-hydrogen) atoms. The van der Waals surface area contributed by atoms with E-state index in [1.165, 1.54) is 23.1 Å². The lowest BCUT2D eigenvalue weighted by molar-refractivity contribution is -0.110. The number of methoxy groups -OCH3 is 1. The molecule has 0 radical (unpaired) electrons. The normalized spacial score (nSPS) is 14.6. The molecular formula is C50H60FN5O10. The van der Waals surface area contributed by atoms with E-state index in [9.17, 15) is 28.4 Å². The van der Waals surface area contributed by atoms with Gasteiger partial charge in [0, 0.05) is 106 Å². The number of aromatic amines is 1. The van der Waals surface area contributed by atoms with Crippen molar-refractivity contribution < 1.29 is 52.4 Å². The smallest absolute Gasteiger partial charge is 0.409 e. The lowest BCUT2D eigenvalue weighted by Gasteiger charge is -2.22. The standard InChI is InChI=1S/C50H60FN5O10/c1-6-56(19-17-52-49(61)46-31(3)44(54-32(46)4)28-41-40-27-35(51)12-15-43(40)55-48(41)60)50(62)66-29-42-38-25-33(45(58)9-7-23-65-30(2)16-20-57)10-13-36(38)37-14-11-34(26-39(37)42)47(59)53-18-24-64-22-8-21-63-5/h10-15,25-28,30,42,54,57H,6-9,16-24,29H2,1-5H3,(H,52,61)(H,53,59)(H,55,60)/b41-28-. The summed E-state index contributed by atoms with van der Waals surface area (Å²) in [6, 6.07) is 15.0. The zero-order valence-electron chi connectivity index (χ0n) is 38.3. The van der Waals surface area contributed by atoms with E-state index in [1.807, 2.05) is 25.1 Å². The van der Waals surface area contributed by atoms with E-state index in [4.69, 9.17) is 24.1 Å². The fourth-order valence-electron chi connectivity index (χ4n) is 8.25. The fraction of sp³-hybridized carbons (Fsp3) is 0.420. The van der Waals surface area contributed by atoms with E-state index >= 15 is 0 Å². The maximum Gasteiger partial charge on any atom is 0.409 e. The first-order valence-electron chi connectivity index (χ1n) is 22.5. The molecule has 4 aromatic rings. The maximum atomic E-state index is 14.0. The van der Waals surface area contributed by atoms with Crippen LogP contribution >= 0.6 is 0 Å². The molecule has 5 N–H and O–H groups in total. The van der Waals surface area contributed by atoms with Crippen molar-refractivity contribution in [1.82, 2.24) is 20.5 Å². The number of hydrogen-bond acceptors (Lipinski definition) is 10. The number of benzene rings is 3. The van der Waals surface area contributed by atoms with E-state index in [1.54, 1.807) is 52.2 Å². The molecule has 2 heterocycles. The number of aryl methyl sites for hydroxylation is 1. The Kier molecular flexibility index (Phi) is 17.4. The minimum atomic E-state index is -0.599. The molecule has 0 fully saturated rings. The molecule has 4 amide bonds. The lowest BCUT2D eigenvalue weighted by atomic mass is 9.94. The third-order valence-corrected chi connectivity index (χ3v) is 11.8. The van der Waals surface area contributed by atoms with Crippen LogP contribution in [0.4, 0.5) is 14.9 Å². The van der Waals surface area contributed by atoms with E-state index in [2.05, 4.69) is 20.9 Å². The number of ether oxygens (including phenoxy) is 4. The van der Waals surface area contributed by atoms with Gasteiger partial charge in [-0.2, -0.15) is 0 Å². The molecule has 2 unspecified atom stereocenters. The zero-order valence-corrected chi connectivity index (χ0v) is 38.3. The number of rotatable bonds is 24. The van der Waals surface area contributed by atoms with Crippen molar-refractivity contribution >= 4 is 46.9 Å². The monoisotopic (exact) mass is 909 g/mol. The number of amides is 4. The number of aliphatic hydroxyl groups is 1. The van der Waals surface area contributed by atoms with Gasteiger partial charge in [0.2, 0.25) is 0 Å². The van der Waals surface area contributed by atoms with Crippen LogP contribution in [0.1, 0.15) is 110 Å². The number of nitrogens with one attached hydrogen (secondary N) is 4. The number of fused-ring (bicyclic) bond motifs is 4. The van der Waals surface area contributed by atoms with Gasteiger partial charge in [0.15, 0.2) is 5.78 Å². The predicted molar refractivity (Wildman–Crippen MR) is 248 cm³/mol. The molecule has 1 aliphatic heterocycles. The van der Waals surface area contributed by atoms with Gasteiger partial charge in [-0.05, 0) is 117 Å². The summed E-state index contributed by atoms with van der Waals surface area (Å²) < 4.78 is 36.4. The highest BCUT2D eigenvalue weighted by atomic mass is 19.1. The summed E-state index contributed by atoms with van der Waals surface area (Å²) in [6.45, 7) is 9.84. The molecule has 6 rings (SSSR count).